The third-order valence-corrected chi connectivity index (χ3v) is 4.40. The van der Waals surface area contributed by atoms with Crippen LogP contribution in [-0.2, 0) is 5.54 Å². The van der Waals surface area contributed by atoms with Gasteiger partial charge in [-0.1, -0.05) is 38.1 Å². The summed E-state index contributed by atoms with van der Waals surface area (Å²) in [5.74, 6) is 1.90. The van der Waals surface area contributed by atoms with E-state index in [1.165, 1.54) is 0 Å². The Bertz CT molecular complexity index is 750. The highest BCUT2D eigenvalue weighted by molar-refractivity contribution is 5.95. The molecule has 0 radical (unpaired) electrons. The van der Waals surface area contributed by atoms with Crippen molar-refractivity contribution in [1.29, 1.82) is 0 Å². The first kappa shape index (κ1) is 17.3. The van der Waals surface area contributed by atoms with E-state index in [2.05, 4.69) is 19.2 Å². The molecule has 0 bridgehead atoms. The molecule has 0 spiro atoms. The van der Waals surface area contributed by atoms with Crippen LogP contribution in [0.25, 0.3) is 0 Å². The summed E-state index contributed by atoms with van der Waals surface area (Å²) >= 11 is 0. The molecule has 1 fully saturated rings. The SMILES string of the molecule is COc1ccccc1C1(NC(=O)c2cccc(OCC(C)C)c2)CC1. The number of hydrogen-bond donors (Lipinski definition) is 1. The van der Waals surface area contributed by atoms with Crippen LogP contribution in [0, 0.1) is 5.92 Å². The quantitative estimate of drug-likeness (QED) is 0.824. The molecule has 1 saturated carbocycles. The summed E-state index contributed by atoms with van der Waals surface area (Å²) in [6.07, 6.45) is 1.84. The van der Waals surface area contributed by atoms with Gasteiger partial charge in [-0.2, -0.15) is 0 Å². The highest BCUT2D eigenvalue weighted by Crippen LogP contribution is 2.49. The van der Waals surface area contributed by atoms with Gasteiger partial charge in [-0.05, 0) is 43.0 Å². The Hall–Kier alpha value is -2.49. The fourth-order valence-corrected chi connectivity index (χ4v) is 2.91. The van der Waals surface area contributed by atoms with E-state index in [4.69, 9.17) is 9.47 Å². The molecule has 1 amide bonds. The Labute approximate surface area is 149 Å². The maximum absolute atomic E-state index is 12.8. The van der Waals surface area contributed by atoms with E-state index in [0.29, 0.717) is 18.1 Å². The van der Waals surface area contributed by atoms with Gasteiger partial charge in [0.25, 0.3) is 5.91 Å². The van der Waals surface area contributed by atoms with Gasteiger partial charge in [0.05, 0.1) is 19.3 Å². The molecule has 0 saturated heterocycles. The second kappa shape index (κ2) is 7.18. The normalized spacial score (nSPS) is 14.9. The fourth-order valence-electron chi connectivity index (χ4n) is 2.91. The van der Waals surface area contributed by atoms with E-state index in [-0.39, 0.29) is 11.4 Å². The number of ether oxygens (including phenoxy) is 2. The highest BCUT2D eigenvalue weighted by Gasteiger charge is 2.47. The van der Waals surface area contributed by atoms with Crippen molar-refractivity contribution in [2.24, 2.45) is 5.92 Å². The first-order valence-corrected chi connectivity index (χ1v) is 8.73. The molecule has 1 N–H and O–H groups in total. The molecule has 0 aromatic heterocycles. The van der Waals surface area contributed by atoms with Crippen molar-refractivity contribution in [1.82, 2.24) is 5.32 Å². The molecule has 4 heteroatoms. The van der Waals surface area contributed by atoms with Crippen LogP contribution >= 0.6 is 0 Å². The Morgan fingerprint density at radius 3 is 2.60 bits per heavy atom. The maximum Gasteiger partial charge on any atom is 0.252 e. The van der Waals surface area contributed by atoms with Crippen molar-refractivity contribution in [3.05, 3.63) is 59.7 Å². The monoisotopic (exact) mass is 339 g/mol. The van der Waals surface area contributed by atoms with E-state index in [1.54, 1.807) is 13.2 Å². The van der Waals surface area contributed by atoms with Crippen molar-refractivity contribution in [2.45, 2.75) is 32.2 Å². The van der Waals surface area contributed by atoms with Gasteiger partial charge in [-0.15, -0.1) is 0 Å². The predicted octanol–water partition coefficient (Wildman–Crippen LogP) is 4.15. The summed E-state index contributed by atoms with van der Waals surface area (Å²) in [6.45, 7) is 4.83. The number of amides is 1. The van der Waals surface area contributed by atoms with Crippen LogP contribution in [0.5, 0.6) is 11.5 Å². The van der Waals surface area contributed by atoms with Crippen LogP contribution < -0.4 is 14.8 Å². The van der Waals surface area contributed by atoms with Gasteiger partial charge in [0.1, 0.15) is 11.5 Å². The van der Waals surface area contributed by atoms with Crippen LogP contribution in [0.2, 0.25) is 0 Å². The van der Waals surface area contributed by atoms with E-state index in [9.17, 15) is 4.79 Å². The molecule has 0 unspecified atom stereocenters. The van der Waals surface area contributed by atoms with Crippen molar-refractivity contribution < 1.29 is 14.3 Å². The van der Waals surface area contributed by atoms with Crippen molar-refractivity contribution in [2.75, 3.05) is 13.7 Å². The average molecular weight is 339 g/mol. The summed E-state index contributed by atoms with van der Waals surface area (Å²) in [6, 6.07) is 15.2. The molecular formula is C21H25NO3. The Balaban J connectivity index is 1.75. The molecule has 1 aliphatic rings. The molecule has 1 aliphatic carbocycles. The lowest BCUT2D eigenvalue weighted by atomic mass is 10.0. The van der Waals surface area contributed by atoms with Crippen molar-refractivity contribution >= 4 is 5.91 Å². The lowest BCUT2D eigenvalue weighted by molar-refractivity contribution is 0.0929. The molecule has 25 heavy (non-hydrogen) atoms. The average Bonchev–Trinajstić information content (AvgIpc) is 3.40. The first-order valence-electron chi connectivity index (χ1n) is 8.73. The standard InChI is InChI=1S/C21H25NO3/c1-15(2)14-25-17-8-6-7-16(13-17)20(23)22-21(11-12-21)18-9-4-5-10-19(18)24-3/h4-10,13,15H,11-12,14H2,1-3H3,(H,22,23). The van der Waals surface area contributed by atoms with Crippen molar-refractivity contribution in [3.63, 3.8) is 0 Å². The zero-order chi connectivity index (χ0) is 17.9. The topological polar surface area (TPSA) is 47.6 Å². The molecule has 132 valence electrons. The van der Waals surface area contributed by atoms with E-state index < -0.39 is 0 Å². The van der Waals surface area contributed by atoms with Crippen LogP contribution in [0.3, 0.4) is 0 Å². The first-order chi connectivity index (χ1) is 12.0. The summed E-state index contributed by atoms with van der Waals surface area (Å²) in [5, 5.41) is 3.19. The summed E-state index contributed by atoms with van der Waals surface area (Å²) in [5.41, 5.74) is 1.33. The zero-order valence-corrected chi connectivity index (χ0v) is 15.0. The van der Waals surface area contributed by atoms with Crippen LogP contribution in [-0.4, -0.2) is 19.6 Å². The molecule has 3 rings (SSSR count). The minimum Gasteiger partial charge on any atom is -0.496 e. The number of methoxy groups -OCH3 is 1. The second-order valence-electron chi connectivity index (χ2n) is 6.97. The van der Waals surface area contributed by atoms with Crippen molar-refractivity contribution in [3.8, 4) is 11.5 Å². The Morgan fingerprint density at radius 1 is 1.16 bits per heavy atom. The third-order valence-electron chi connectivity index (χ3n) is 4.40. The summed E-state index contributed by atoms with van der Waals surface area (Å²) in [7, 11) is 1.66. The van der Waals surface area contributed by atoms with Gasteiger partial charge in [0, 0.05) is 11.1 Å². The molecule has 0 aliphatic heterocycles. The number of carbonyl (C=O) groups is 1. The van der Waals surface area contributed by atoms with Gasteiger partial charge < -0.3 is 14.8 Å². The highest BCUT2D eigenvalue weighted by atomic mass is 16.5. The van der Waals surface area contributed by atoms with E-state index >= 15 is 0 Å². The number of benzene rings is 2. The maximum atomic E-state index is 12.8. The van der Waals surface area contributed by atoms with E-state index in [0.717, 1.165) is 29.9 Å². The third kappa shape index (κ3) is 3.95. The molecule has 0 atom stereocenters. The van der Waals surface area contributed by atoms with Gasteiger partial charge >= 0.3 is 0 Å². The van der Waals surface area contributed by atoms with Gasteiger partial charge in [0.15, 0.2) is 0 Å². The Kier molecular flexibility index (Phi) is 4.98. The number of nitrogens with one attached hydrogen (secondary N) is 1. The molecular weight excluding hydrogens is 314 g/mol. The summed E-state index contributed by atoms with van der Waals surface area (Å²) in [4.78, 5) is 12.8. The second-order valence-corrected chi connectivity index (χ2v) is 6.97. The number of para-hydroxylation sites is 1. The number of carbonyl (C=O) groups excluding carboxylic acids is 1. The lowest BCUT2D eigenvalue weighted by Gasteiger charge is -2.20. The minimum atomic E-state index is -0.321. The molecule has 4 nitrogen and oxygen atoms in total. The fraction of sp³-hybridized carbons (Fsp3) is 0.381. The smallest absolute Gasteiger partial charge is 0.252 e. The Morgan fingerprint density at radius 2 is 1.92 bits per heavy atom. The largest absolute Gasteiger partial charge is 0.496 e. The van der Waals surface area contributed by atoms with Crippen LogP contribution in [0.1, 0.15) is 42.6 Å². The molecule has 2 aromatic rings. The van der Waals surface area contributed by atoms with Crippen LogP contribution in [0.4, 0.5) is 0 Å². The van der Waals surface area contributed by atoms with E-state index in [1.807, 2.05) is 42.5 Å². The van der Waals surface area contributed by atoms with Gasteiger partial charge in [0.2, 0.25) is 0 Å². The lowest BCUT2D eigenvalue weighted by Crippen LogP contribution is -2.35. The minimum absolute atomic E-state index is 0.0848. The molecule has 0 heterocycles. The van der Waals surface area contributed by atoms with Gasteiger partial charge in [-0.3, -0.25) is 4.79 Å². The molecule has 2 aromatic carbocycles. The van der Waals surface area contributed by atoms with Gasteiger partial charge in [-0.25, -0.2) is 0 Å². The van der Waals surface area contributed by atoms with Crippen LogP contribution in [0.15, 0.2) is 48.5 Å². The number of rotatable bonds is 7. The zero-order valence-electron chi connectivity index (χ0n) is 15.0. The summed E-state index contributed by atoms with van der Waals surface area (Å²) < 4.78 is 11.2. The number of hydrogen-bond acceptors (Lipinski definition) is 3. The predicted molar refractivity (Wildman–Crippen MR) is 98.1 cm³/mol.